The number of amides is 2. The monoisotopic (exact) mass is 471 g/mol. The van der Waals surface area contributed by atoms with Crippen LogP contribution in [0.3, 0.4) is 0 Å². The molecular formula is C25H24F3N3O3. The van der Waals surface area contributed by atoms with Gasteiger partial charge in [-0.1, -0.05) is 42.5 Å². The van der Waals surface area contributed by atoms with E-state index in [0.29, 0.717) is 32.7 Å². The predicted molar refractivity (Wildman–Crippen MR) is 120 cm³/mol. The first-order chi connectivity index (χ1) is 16.3. The van der Waals surface area contributed by atoms with Gasteiger partial charge in [-0.3, -0.25) is 14.5 Å². The number of carbonyl (C=O) groups excluding carboxylic acids is 2. The lowest BCUT2D eigenvalue weighted by Crippen LogP contribution is -2.51. The molecule has 34 heavy (non-hydrogen) atoms. The molecule has 2 heterocycles. The largest absolute Gasteiger partial charge is 0.451 e. The number of benzene rings is 2. The molecule has 9 heteroatoms. The van der Waals surface area contributed by atoms with Crippen LogP contribution in [0.4, 0.5) is 13.2 Å². The standard InChI is InChI=1S/C25H24F3N3O3/c26-25(27,28)20-8-4-7-19(15-20)21-9-10-22(34-21)24(33)31-13-11-30(12-14-31)17-23(32)29-16-18-5-2-1-3-6-18/h1-10,15H,11-14,16-17H2,(H,29,32). The number of piperazine rings is 1. The van der Waals surface area contributed by atoms with Crippen molar-refractivity contribution in [2.45, 2.75) is 12.7 Å². The lowest BCUT2D eigenvalue weighted by molar-refractivity contribution is -0.137. The van der Waals surface area contributed by atoms with E-state index < -0.39 is 11.7 Å². The van der Waals surface area contributed by atoms with Crippen LogP contribution in [0, 0.1) is 0 Å². The molecule has 1 aromatic heterocycles. The van der Waals surface area contributed by atoms with Crippen molar-refractivity contribution in [1.29, 1.82) is 0 Å². The second-order valence-electron chi connectivity index (χ2n) is 8.07. The molecule has 6 nitrogen and oxygen atoms in total. The number of nitrogens with one attached hydrogen (secondary N) is 1. The second kappa shape index (κ2) is 10.1. The van der Waals surface area contributed by atoms with Gasteiger partial charge >= 0.3 is 6.18 Å². The zero-order valence-corrected chi connectivity index (χ0v) is 18.3. The van der Waals surface area contributed by atoms with Gasteiger partial charge < -0.3 is 14.6 Å². The molecule has 0 bridgehead atoms. The fraction of sp³-hybridized carbons (Fsp3) is 0.280. The van der Waals surface area contributed by atoms with Gasteiger partial charge in [0.05, 0.1) is 12.1 Å². The number of halogens is 3. The second-order valence-corrected chi connectivity index (χ2v) is 8.07. The van der Waals surface area contributed by atoms with Gasteiger partial charge in [0.2, 0.25) is 5.91 Å². The molecule has 4 rings (SSSR count). The van der Waals surface area contributed by atoms with Gasteiger partial charge in [-0.2, -0.15) is 13.2 Å². The van der Waals surface area contributed by atoms with Crippen molar-refractivity contribution in [3.05, 3.63) is 83.6 Å². The number of nitrogens with zero attached hydrogens (tertiary/aromatic N) is 2. The Morgan fingerprint density at radius 3 is 2.35 bits per heavy atom. The SMILES string of the molecule is O=C(CN1CCN(C(=O)c2ccc(-c3cccc(C(F)(F)F)c3)o2)CC1)NCc1ccccc1. The molecule has 2 amide bonds. The predicted octanol–water partition coefficient (Wildman–Crippen LogP) is 4.04. The first-order valence-electron chi connectivity index (χ1n) is 10.9. The number of hydrogen-bond acceptors (Lipinski definition) is 4. The van der Waals surface area contributed by atoms with Crippen molar-refractivity contribution in [2.75, 3.05) is 32.7 Å². The summed E-state index contributed by atoms with van der Waals surface area (Å²) >= 11 is 0. The molecule has 3 aromatic rings. The summed E-state index contributed by atoms with van der Waals surface area (Å²) in [6.45, 7) is 2.62. The molecule has 2 aromatic carbocycles. The number of hydrogen-bond donors (Lipinski definition) is 1. The number of alkyl halides is 3. The normalized spacial score (nSPS) is 14.7. The molecule has 1 aliphatic rings. The number of carbonyl (C=O) groups is 2. The highest BCUT2D eigenvalue weighted by Gasteiger charge is 2.31. The Morgan fingerprint density at radius 1 is 0.912 bits per heavy atom. The van der Waals surface area contributed by atoms with Crippen molar-refractivity contribution in [3.63, 3.8) is 0 Å². The van der Waals surface area contributed by atoms with Gasteiger partial charge in [0.25, 0.3) is 5.91 Å². The number of rotatable bonds is 6. The minimum atomic E-state index is -4.46. The zero-order chi connectivity index (χ0) is 24.1. The summed E-state index contributed by atoms with van der Waals surface area (Å²) in [6.07, 6.45) is -4.46. The topological polar surface area (TPSA) is 65.8 Å². The third-order valence-electron chi connectivity index (χ3n) is 5.65. The van der Waals surface area contributed by atoms with Crippen LogP contribution in [0.1, 0.15) is 21.7 Å². The van der Waals surface area contributed by atoms with E-state index in [2.05, 4.69) is 5.32 Å². The molecular weight excluding hydrogens is 447 g/mol. The Hall–Kier alpha value is -3.59. The van der Waals surface area contributed by atoms with Gasteiger partial charge in [-0.15, -0.1) is 0 Å². The van der Waals surface area contributed by atoms with Gasteiger partial charge in [-0.25, -0.2) is 0 Å². The van der Waals surface area contributed by atoms with Crippen LogP contribution in [0.25, 0.3) is 11.3 Å². The highest BCUT2D eigenvalue weighted by molar-refractivity contribution is 5.92. The molecule has 0 unspecified atom stereocenters. The van der Waals surface area contributed by atoms with Gasteiger partial charge in [-0.05, 0) is 29.8 Å². The molecule has 1 fully saturated rings. The summed E-state index contributed by atoms with van der Waals surface area (Å²) in [6, 6.07) is 17.4. The van der Waals surface area contributed by atoms with Gasteiger partial charge in [0, 0.05) is 38.3 Å². The molecule has 0 saturated carbocycles. The van der Waals surface area contributed by atoms with Crippen LogP contribution in [-0.4, -0.2) is 54.3 Å². The van der Waals surface area contributed by atoms with Crippen LogP contribution >= 0.6 is 0 Å². The van der Waals surface area contributed by atoms with Crippen molar-refractivity contribution in [3.8, 4) is 11.3 Å². The van der Waals surface area contributed by atoms with Crippen molar-refractivity contribution in [1.82, 2.24) is 15.1 Å². The molecule has 1 saturated heterocycles. The third-order valence-corrected chi connectivity index (χ3v) is 5.65. The first-order valence-corrected chi connectivity index (χ1v) is 10.9. The van der Waals surface area contributed by atoms with E-state index in [0.717, 1.165) is 17.7 Å². The number of furan rings is 1. The first kappa shape index (κ1) is 23.6. The maximum Gasteiger partial charge on any atom is 0.416 e. The average molecular weight is 471 g/mol. The van der Waals surface area contributed by atoms with E-state index in [1.807, 2.05) is 35.2 Å². The van der Waals surface area contributed by atoms with Gasteiger partial charge in [0.1, 0.15) is 5.76 Å². The van der Waals surface area contributed by atoms with Gasteiger partial charge in [0.15, 0.2) is 5.76 Å². The van der Waals surface area contributed by atoms with Crippen LogP contribution < -0.4 is 5.32 Å². The minimum Gasteiger partial charge on any atom is -0.451 e. The summed E-state index contributed by atoms with van der Waals surface area (Å²) < 4.78 is 44.5. The maximum atomic E-state index is 13.0. The van der Waals surface area contributed by atoms with E-state index in [9.17, 15) is 22.8 Å². The van der Waals surface area contributed by atoms with E-state index in [1.54, 1.807) is 4.90 Å². The minimum absolute atomic E-state index is 0.0708. The molecule has 1 N–H and O–H groups in total. The smallest absolute Gasteiger partial charge is 0.416 e. The van der Waals surface area contributed by atoms with E-state index in [1.165, 1.54) is 24.3 Å². The summed E-state index contributed by atoms with van der Waals surface area (Å²) in [5.74, 6) is -0.142. The van der Waals surface area contributed by atoms with Crippen LogP contribution in [0.15, 0.2) is 71.1 Å². The molecule has 0 aliphatic carbocycles. The highest BCUT2D eigenvalue weighted by Crippen LogP contribution is 2.32. The van der Waals surface area contributed by atoms with E-state index in [-0.39, 0.29) is 35.4 Å². The van der Waals surface area contributed by atoms with Crippen LogP contribution in [0.5, 0.6) is 0 Å². The van der Waals surface area contributed by atoms with E-state index >= 15 is 0 Å². The fourth-order valence-electron chi connectivity index (χ4n) is 3.78. The molecule has 1 aliphatic heterocycles. The summed E-state index contributed by atoms with van der Waals surface area (Å²) in [5.41, 5.74) is 0.493. The van der Waals surface area contributed by atoms with Crippen LogP contribution in [0.2, 0.25) is 0 Å². The average Bonchev–Trinajstić information content (AvgIpc) is 3.33. The van der Waals surface area contributed by atoms with E-state index in [4.69, 9.17) is 4.42 Å². The lowest BCUT2D eigenvalue weighted by Gasteiger charge is -2.33. The maximum absolute atomic E-state index is 13.0. The zero-order valence-electron chi connectivity index (χ0n) is 18.3. The molecule has 0 radical (unpaired) electrons. The molecule has 0 spiro atoms. The van der Waals surface area contributed by atoms with Crippen LogP contribution in [-0.2, 0) is 17.5 Å². The Labute approximate surface area is 195 Å². The molecule has 0 atom stereocenters. The highest BCUT2D eigenvalue weighted by atomic mass is 19.4. The Morgan fingerprint density at radius 2 is 1.65 bits per heavy atom. The quantitative estimate of drug-likeness (QED) is 0.590. The van der Waals surface area contributed by atoms with Crippen molar-refractivity contribution >= 4 is 11.8 Å². The Balaban J connectivity index is 1.29. The summed E-state index contributed by atoms with van der Waals surface area (Å²) in [7, 11) is 0. The fourth-order valence-corrected chi connectivity index (χ4v) is 3.78. The van der Waals surface area contributed by atoms with Crippen molar-refractivity contribution < 1.29 is 27.2 Å². The third kappa shape index (κ3) is 5.85. The molecule has 178 valence electrons. The van der Waals surface area contributed by atoms with Crippen molar-refractivity contribution in [2.24, 2.45) is 0 Å². The summed E-state index contributed by atoms with van der Waals surface area (Å²) in [4.78, 5) is 28.6. The Kier molecular flexibility index (Phi) is 7.02. The summed E-state index contributed by atoms with van der Waals surface area (Å²) in [5, 5.41) is 2.89. The lowest BCUT2D eigenvalue weighted by atomic mass is 10.1. The Bertz CT molecular complexity index is 1140.